The Balaban J connectivity index is 3.15. The van der Waals surface area contributed by atoms with Gasteiger partial charge < -0.3 is 4.79 Å². The van der Waals surface area contributed by atoms with Crippen molar-refractivity contribution in [2.45, 2.75) is 32.6 Å². The molecule has 1 aromatic carbocycles. The van der Waals surface area contributed by atoms with Crippen molar-refractivity contribution in [3.05, 3.63) is 35.9 Å². The third kappa shape index (κ3) is 2.21. The molecule has 16 heavy (non-hydrogen) atoms. The first-order valence-electron chi connectivity index (χ1n) is 5.63. The summed E-state index contributed by atoms with van der Waals surface area (Å²) in [5.41, 5.74) is 0.216. The molecule has 0 fully saturated rings. The molecule has 0 N–H and O–H groups in total. The Labute approximate surface area is 96.7 Å². The van der Waals surface area contributed by atoms with Gasteiger partial charge in [0.1, 0.15) is 6.29 Å². The Hall–Kier alpha value is -1.44. The van der Waals surface area contributed by atoms with Crippen LogP contribution in [-0.2, 0) is 9.59 Å². The van der Waals surface area contributed by atoms with Gasteiger partial charge in [0, 0.05) is 5.41 Å². The van der Waals surface area contributed by atoms with Gasteiger partial charge in [0.05, 0.1) is 5.92 Å². The van der Waals surface area contributed by atoms with Gasteiger partial charge in [0.2, 0.25) is 6.29 Å². The van der Waals surface area contributed by atoms with Crippen molar-refractivity contribution in [2.24, 2.45) is 5.41 Å². The molecule has 1 radical (unpaired) electrons. The van der Waals surface area contributed by atoms with Crippen molar-refractivity contribution in [1.29, 1.82) is 0 Å². The van der Waals surface area contributed by atoms with E-state index in [0.29, 0.717) is 12.8 Å². The predicted octanol–water partition coefficient (Wildman–Crippen LogP) is 2.89. The molecule has 2 heteroatoms. The van der Waals surface area contributed by atoms with Gasteiger partial charge in [-0.25, -0.2) is 0 Å². The Morgan fingerprint density at radius 3 is 2.19 bits per heavy atom. The van der Waals surface area contributed by atoms with Gasteiger partial charge in [-0.2, -0.15) is 0 Å². The molecule has 0 heterocycles. The van der Waals surface area contributed by atoms with Crippen LogP contribution in [0, 0.1) is 5.41 Å². The van der Waals surface area contributed by atoms with Crippen LogP contribution >= 0.6 is 0 Å². The minimum absolute atomic E-state index is 0.388. The lowest BCUT2D eigenvalue weighted by molar-refractivity contribution is -0.110. The van der Waals surface area contributed by atoms with E-state index in [4.69, 9.17) is 0 Å². The molecule has 1 atom stereocenters. The molecular weight excluding hydrogens is 200 g/mol. The highest BCUT2D eigenvalue weighted by Crippen LogP contribution is 2.38. The van der Waals surface area contributed by atoms with E-state index < -0.39 is 5.41 Å². The summed E-state index contributed by atoms with van der Waals surface area (Å²) in [6.07, 6.45) is 4.21. The number of rotatable bonds is 6. The standard InChI is InChI=1S/C14H17O2/c1-3-14(4-2,11-16)13(10-15)12-8-6-5-7-9-12/h5-10,13H,3-4H2,1-2H3. The van der Waals surface area contributed by atoms with E-state index in [-0.39, 0.29) is 5.92 Å². The van der Waals surface area contributed by atoms with Crippen molar-refractivity contribution in [2.75, 3.05) is 0 Å². The highest BCUT2D eigenvalue weighted by molar-refractivity contribution is 5.74. The van der Waals surface area contributed by atoms with Gasteiger partial charge in [0.15, 0.2) is 0 Å². The summed E-state index contributed by atoms with van der Waals surface area (Å²) < 4.78 is 0. The predicted molar refractivity (Wildman–Crippen MR) is 64.0 cm³/mol. The van der Waals surface area contributed by atoms with Crippen LogP contribution in [0.4, 0.5) is 0 Å². The molecule has 0 aliphatic carbocycles. The van der Waals surface area contributed by atoms with Crippen molar-refractivity contribution >= 4 is 12.6 Å². The summed E-state index contributed by atoms with van der Waals surface area (Å²) in [7, 11) is 0. The lowest BCUT2D eigenvalue weighted by Crippen LogP contribution is -2.30. The molecule has 0 amide bonds. The normalized spacial score (nSPS) is 13.1. The number of carbonyl (C=O) groups excluding carboxylic acids is 2. The van der Waals surface area contributed by atoms with Crippen LogP contribution in [0.25, 0.3) is 0 Å². The fraction of sp³-hybridized carbons (Fsp3) is 0.429. The van der Waals surface area contributed by atoms with Crippen LogP contribution < -0.4 is 0 Å². The number of aldehydes is 1. The zero-order valence-corrected chi connectivity index (χ0v) is 9.77. The molecule has 0 spiro atoms. The zero-order chi connectivity index (χ0) is 12.0. The van der Waals surface area contributed by atoms with Gasteiger partial charge in [-0.3, -0.25) is 4.79 Å². The van der Waals surface area contributed by atoms with E-state index in [1.807, 2.05) is 44.2 Å². The van der Waals surface area contributed by atoms with Crippen LogP contribution in [0.15, 0.2) is 30.3 Å². The molecule has 1 rings (SSSR count). The highest BCUT2D eigenvalue weighted by atomic mass is 16.1. The largest absolute Gasteiger partial charge is 0.303 e. The average molecular weight is 217 g/mol. The van der Waals surface area contributed by atoms with E-state index in [1.165, 1.54) is 0 Å². The zero-order valence-electron chi connectivity index (χ0n) is 9.77. The summed E-state index contributed by atoms with van der Waals surface area (Å²) in [5, 5.41) is 0. The van der Waals surface area contributed by atoms with Crippen LogP contribution in [0.5, 0.6) is 0 Å². The summed E-state index contributed by atoms with van der Waals surface area (Å²) in [4.78, 5) is 22.4. The second kappa shape index (κ2) is 5.59. The molecule has 0 saturated heterocycles. The second-order valence-corrected chi connectivity index (χ2v) is 3.99. The molecule has 85 valence electrons. The number of carbonyl (C=O) groups is 1. The monoisotopic (exact) mass is 217 g/mol. The van der Waals surface area contributed by atoms with Gasteiger partial charge in [0.25, 0.3) is 0 Å². The molecular formula is C14H17O2. The summed E-state index contributed by atoms with van der Waals surface area (Å²) in [5.74, 6) is -0.388. The van der Waals surface area contributed by atoms with E-state index >= 15 is 0 Å². The number of hydrogen-bond acceptors (Lipinski definition) is 2. The first-order chi connectivity index (χ1) is 7.74. The Bertz CT molecular complexity index is 339. The lowest BCUT2D eigenvalue weighted by Gasteiger charge is -2.30. The first kappa shape index (κ1) is 12.6. The summed E-state index contributed by atoms with van der Waals surface area (Å²) in [6.45, 7) is 3.85. The minimum atomic E-state index is -0.677. The quantitative estimate of drug-likeness (QED) is 0.686. The van der Waals surface area contributed by atoms with Crippen LogP contribution in [0.3, 0.4) is 0 Å². The van der Waals surface area contributed by atoms with E-state index in [9.17, 15) is 9.59 Å². The Morgan fingerprint density at radius 1 is 1.25 bits per heavy atom. The average Bonchev–Trinajstić information content (AvgIpc) is 2.37. The topological polar surface area (TPSA) is 34.1 Å². The molecule has 0 aliphatic rings. The van der Waals surface area contributed by atoms with Gasteiger partial charge in [-0.05, 0) is 18.4 Å². The molecule has 0 aliphatic heterocycles. The van der Waals surface area contributed by atoms with Crippen molar-refractivity contribution in [3.8, 4) is 0 Å². The molecule has 1 unspecified atom stereocenters. The maximum absolute atomic E-state index is 11.2. The SMILES string of the molecule is CCC([C]=O)(CC)C(C=O)c1ccccc1. The Morgan fingerprint density at radius 2 is 1.81 bits per heavy atom. The fourth-order valence-corrected chi connectivity index (χ4v) is 2.09. The Kier molecular flexibility index (Phi) is 4.41. The molecule has 0 aromatic heterocycles. The second-order valence-electron chi connectivity index (χ2n) is 3.99. The molecule has 0 bridgehead atoms. The minimum Gasteiger partial charge on any atom is -0.303 e. The van der Waals surface area contributed by atoms with Crippen molar-refractivity contribution in [1.82, 2.24) is 0 Å². The molecule has 1 aromatic rings. The molecule has 2 nitrogen and oxygen atoms in total. The number of benzene rings is 1. The fourth-order valence-electron chi connectivity index (χ4n) is 2.09. The first-order valence-corrected chi connectivity index (χ1v) is 5.63. The molecule has 0 saturated carbocycles. The van der Waals surface area contributed by atoms with Crippen LogP contribution in [0.1, 0.15) is 38.2 Å². The van der Waals surface area contributed by atoms with Crippen LogP contribution in [0.2, 0.25) is 0 Å². The number of hydrogen-bond donors (Lipinski definition) is 0. The smallest absolute Gasteiger partial charge is 0.206 e. The third-order valence-electron chi connectivity index (χ3n) is 3.36. The van der Waals surface area contributed by atoms with Gasteiger partial charge in [-0.15, -0.1) is 0 Å². The van der Waals surface area contributed by atoms with E-state index in [1.54, 1.807) is 0 Å². The van der Waals surface area contributed by atoms with Crippen molar-refractivity contribution < 1.29 is 9.59 Å². The van der Waals surface area contributed by atoms with E-state index in [2.05, 4.69) is 6.29 Å². The third-order valence-corrected chi connectivity index (χ3v) is 3.36. The van der Waals surface area contributed by atoms with E-state index in [0.717, 1.165) is 11.8 Å². The van der Waals surface area contributed by atoms with Gasteiger partial charge >= 0.3 is 0 Å². The highest BCUT2D eigenvalue weighted by Gasteiger charge is 2.37. The summed E-state index contributed by atoms with van der Waals surface area (Å²) >= 11 is 0. The van der Waals surface area contributed by atoms with Crippen LogP contribution in [-0.4, -0.2) is 12.6 Å². The van der Waals surface area contributed by atoms with Crippen molar-refractivity contribution in [3.63, 3.8) is 0 Å². The maximum Gasteiger partial charge on any atom is 0.206 e. The lowest BCUT2D eigenvalue weighted by atomic mass is 9.70. The van der Waals surface area contributed by atoms with Gasteiger partial charge in [-0.1, -0.05) is 44.2 Å². The maximum atomic E-state index is 11.2. The summed E-state index contributed by atoms with van der Waals surface area (Å²) in [6, 6.07) is 9.43.